The highest BCUT2D eigenvalue weighted by atomic mass is 16.4. The molecule has 0 saturated heterocycles. The molecule has 6 atom stereocenters. The van der Waals surface area contributed by atoms with Gasteiger partial charge in [-0.15, -0.1) is 0 Å². The van der Waals surface area contributed by atoms with Crippen LogP contribution in [-0.4, -0.2) is 85.9 Å². The number of imidazole rings is 1. The Kier molecular flexibility index (Phi) is 10.7. The largest absolute Gasteiger partial charge is 0.480 e. The van der Waals surface area contributed by atoms with E-state index in [9.17, 15) is 29.4 Å². The van der Waals surface area contributed by atoms with Gasteiger partial charge in [-0.2, -0.15) is 0 Å². The SMILES string of the molecule is CCC(C)C(NC(=O)C(Cc1cnc[nH]1)NC(=O)C(NC(=O)C(N)CO)C(C)O)C(=O)O. The van der Waals surface area contributed by atoms with Crippen LogP contribution in [0.2, 0.25) is 0 Å². The van der Waals surface area contributed by atoms with Crippen LogP contribution >= 0.6 is 0 Å². The Morgan fingerprint density at radius 1 is 1.09 bits per heavy atom. The minimum Gasteiger partial charge on any atom is -0.480 e. The van der Waals surface area contributed by atoms with Crippen LogP contribution in [0.15, 0.2) is 12.5 Å². The number of hydrogen-bond donors (Lipinski definition) is 8. The van der Waals surface area contributed by atoms with Crippen LogP contribution in [0.25, 0.3) is 0 Å². The van der Waals surface area contributed by atoms with Gasteiger partial charge in [-0.05, 0) is 12.8 Å². The molecule has 1 rings (SSSR count). The molecule has 0 aliphatic heterocycles. The average Bonchev–Trinajstić information content (AvgIpc) is 3.26. The van der Waals surface area contributed by atoms with E-state index in [1.54, 1.807) is 13.8 Å². The van der Waals surface area contributed by atoms with Crippen LogP contribution in [0, 0.1) is 5.92 Å². The molecule has 13 heteroatoms. The van der Waals surface area contributed by atoms with Crippen molar-refractivity contribution in [1.29, 1.82) is 0 Å². The maximum absolute atomic E-state index is 12.9. The average molecular weight is 457 g/mol. The molecule has 1 aromatic heterocycles. The summed E-state index contributed by atoms with van der Waals surface area (Å²) in [5.74, 6) is -4.11. The Balaban J connectivity index is 3.06. The van der Waals surface area contributed by atoms with Crippen LogP contribution in [0.4, 0.5) is 0 Å². The van der Waals surface area contributed by atoms with Crippen molar-refractivity contribution in [2.45, 2.75) is 63.9 Å². The number of rotatable bonds is 13. The summed E-state index contributed by atoms with van der Waals surface area (Å²) in [6.45, 7) is 4.04. The van der Waals surface area contributed by atoms with Crippen molar-refractivity contribution < 1.29 is 34.5 Å². The van der Waals surface area contributed by atoms with Gasteiger partial charge < -0.3 is 42.0 Å². The van der Waals surface area contributed by atoms with Gasteiger partial charge in [0.05, 0.1) is 19.0 Å². The van der Waals surface area contributed by atoms with Crippen LogP contribution in [-0.2, 0) is 25.6 Å². The highest BCUT2D eigenvalue weighted by molar-refractivity contribution is 5.94. The lowest BCUT2D eigenvalue weighted by Crippen LogP contribution is -2.60. The molecule has 0 bridgehead atoms. The molecule has 0 fully saturated rings. The first kappa shape index (κ1) is 27.0. The van der Waals surface area contributed by atoms with E-state index >= 15 is 0 Å². The number of carbonyl (C=O) groups excluding carboxylic acids is 3. The lowest BCUT2D eigenvalue weighted by Gasteiger charge is -2.27. The number of carbonyl (C=O) groups is 4. The highest BCUT2D eigenvalue weighted by Crippen LogP contribution is 2.09. The number of nitrogens with two attached hydrogens (primary N) is 1. The maximum atomic E-state index is 12.9. The molecule has 1 heterocycles. The predicted molar refractivity (Wildman–Crippen MR) is 112 cm³/mol. The van der Waals surface area contributed by atoms with Crippen molar-refractivity contribution >= 4 is 23.7 Å². The van der Waals surface area contributed by atoms with Crippen LogP contribution in [0.5, 0.6) is 0 Å². The number of aliphatic hydroxyl groups is 2. The summed E-state index contributed by atoms with van der Waals surface area (Å²) >= 11 is 0. The molecule has 0 aliphatic rings. The molecule has 0 radical (unpaired) electrons. The van der Waals surface area contributed by atoms with E-state index in [1.807, 2.05) is 0 Å². The Hall–Kier alpha value is -3.03. The lowest BCUT2D eigenvalue weighted by molar-refractivity contribution is -0.144. The van der Waals surface area contributed by atoms with Gasteiger partial charge in [0.2, 0.25) is 17.7 Å². The van der Waals surface area contributed by atoms with Gasteiger partial charge >= 0.3 is 5.97 Å². The topological polar surface area (TPSA) is 220 Å². The summed E-state index contributed by atoms with van der Waals surface area (Å²) in [7, 11) is 0. The third-order valence-corrected chi connectivity index (χ3v) is 4.98. The molecule has 0 spiro atoms. The van der Waals surface area contributed by atoms with Gasteiger partial charge in [-0.3, -0.25) is 14.4 Å². The number of aromatic nitrogens is 2. The van der Waals surface area contributed by atoms with Crippen molar-refractivity contribution in [3.63, 3.8) is 0 Å². The summed E-state index contributed by atoms with van der Waals surface area (Å²) in [6, 6.07) is -5.19. The van der Waals surface area contributed by atoms with Gasteiger partial charge in [0.25, 0.3) is 0 Å². The van der Waals surface area contributed by atoms with Crippen molar-refractivity contribution in [1.82, 2.24) is 25.9 Å². The Morgan fingerprint density at radius 2 is 1.72 bits per heavy atom. The first-order valence-corrected chi connectivity index (χ1v) is 10.2. The first-order chi connectivity index (χ1) is 15.0. The fraction of sp³-hybridized carbons (Fsp3) is 0.632. The second-order valence-corrected chi connectivity index (χ2v) is 7.57. The van der Waals surface area contributed by atoms with E-state index < -0.39 is 60.6 Å². The molecule has 6 unspecified atom stereocenters. The second-order valence-electron chi connectivity index (χ2n) is 7.57. The molecule has 9 N–H and O–H groups in total. The molecule has 32 heavy (non-hydrogen) atoms. The van der Waals surface area contributed by atoms with Crippen molar-refractivity contribution in [3.05, 3.63) is 18.2 Å². The molecule has 3 amide bonds. The number of H-pyrrole nitrogens is 1. The Morgan fingerprint density at radius 3 is 2.19 bits per heavy atom. The monoisotopic (exact) mass is 456 g/mol. The van der Waals surface area contributed by atoms with Crippen LogP contribution in [0.1, 0.15) is 32.9 Å². The fourth-order valence-electron chi connectivity index (χ4n) is 2.77. The van der Waals surface area contributed by atoms with E-state index in [0.717, 1.165) is 0 Å². The summed E-state index contributed by atoms with van der Waals surface area (Å²) < 4.78 is 0. The van der Waals surface area contributed by atoms with Crippen LogP contribution < -0.4 is 21.7 Å². The molecule has 0 saturated carbocycles. The third kappa shape index (κ3) is 7.90. The molecule has 180 valence electrons. The predicted octanol–water partition coefficient (Wildman–Crippen LogP) is -2.76. The number of carboxylic acid groups (broad SMARTS) is 1. The molecule has 13 nitrogen and oxygen atoms in total. The summed E-state index contributed by atoms with van der Waals surface area (Å²) in [4.78, 5) is 55.8. The van der Waals surface area contributed by atoms with Crippen molar-refractivity contribution in [2.24, 2.45) is 11.7 Å². The van der Waals surface area contributed by atoms with Crippen LogP contribution in [0.3, 0.4) is 0 Å². The third-order valence-electron chi connectivity index (χ3n) is 4.98. The quantitative estimate of drug-likeness (QED) is 0.154. The smallest absolute Gasteiger partial charge is 0.326 e. The number of aliphatic hydroxyl groups excluding tert-OH is 2. The normalized spacial score (nSPS) is 16.7. The summed E-state index contributed by atoms with van der Waals surface area (Å²) in [6.07, 6.45) is 1.90. The van der Waals surface area contributed by atoms with Crippen molar-refractivity contribution in [3.8, 4) is 0 Å². The number of carboxylic acids is 1. The number of nitrogens with one attached hydrogen (secondary N) is 4. The zero-order valence-electron chi connectivity index (χ0n) is 18.2. The number of amides is 3. The first-order valence-electron chi connectivity index (χ1n) is 10.2. The summed E-state index contributed by atoms with van der Waals surface area (Å²) in [5.41, 5.74) is 5.91. The zero-order chi connectivity index (χ0) is 24.4. The zero-order valence-corrected chi connectivity index (χ0v) is 18.2. The second kappa shape index (κ2) is 12.7. The Labute approximate surface area is 185 Å². The van der Waals surface area contributed by atoms with Gasteiger partial charge in [0, 0.05) is 18.3 Å². The van der Waals surface area contributed by atoms with Gasteiger partial charge in [0.15, 0.2) is 0 Å². The van der Waals surface area contributed by atoms with E-state index in [2.05, 4.69) is 25.9 Å². The number of aromatic amines is 1. The molecule has 0 aliphatic carbocycles. The number of hydrogen-bond acceptors (Lipinski definition) is 8. The number of nitrogens with zero attached hydrogens (tertiary/aromatic N) is 1. The Bertz CT molecular complexity index is 770. The van der Waals surface area contributed by atoms with E-state index in [1.165, 1.54) is 19.4 Å². The van der Waals surface area contributed by atoms with E-state index in [0.29, 0.717) is 12.1 Å². The maximum Gasteiger partial charge on any atom is 0.326 e. The van der Waals surface area contributed by atoms with Gasteiger partial charge in [-0.1, -0.05) is 20.3 Å². The fourth-order valence-corrected chi connectivity index (χ4v) is 2.77. The lowest BCUT2D eigenvalue weighted by atomic mass is 9.98. The number of aliphatic carboxylic acids is 1. The molecular formula is C19H32N6O7. The molecule has 1 aromatic rings. The van der Waals surface area contributed by atoms with E-state index in [-0.39, 0.29) is 12.3 Å². The van der Waals surface area contributed by atoms with Gasteiger partial charge in [0.1, 0.15) is 24.2 Å². The minimum absolute atomic E-state index is 0.0545. The minimum atomic E-state index is -1.47. The molecular weight excluding hydrogens is 424 g/mol. The van der Waals surface area contributed by atoms with Gasteiger partial charge in [-0.25, -0.2) is 9.78 Å². The standard InChI is InChI=1S/C19H32N6O7/c1-4-9(2)14(19(31)32)24-17(29)13(5-11-6-21-8-22-11)23-18(30)15(10(3)27)25-16(28)12(20)7-26/h6,8-10,12-15,26-27H,4-5,7,20H2,1-3H3,(H,21,22)(H,23,30)(H,24,29)(H,25,28)(H,31,32). The summed E-state index contributed by atoms with van der Waals surface area (Å²) in [5, 5.41) is 35.5. The van der Waals surface area contributed by atoms with Crippen molar-refractivity contribution in [2.75, 3.05) is 6.61 Å². The van der Waals surface area contributed by atoms with E-state index in [4.69, 9.17) is 10.8 Å². The highest BCUT2D eigenvalue weighted by Gasteiger charge is 2.33. The molecule has 0 aromatic carbocycles.